The van der Waals surface area contributed by atoms with Crippen LogP contribution in [0.15, 0.2) is 30.6 Å². The van der Waals surface area contributed by atoms with Crippen LogP contribution in [0, 0.1) is 0 Å². The summed E-state index contributed by atoms with van der Waals surface area (Å²) in [6.45, 7) is 2.45. The van der Waals surface area contributed by atoms with Crippen molar-refractivity contribution in [2.45, 2.75) is 6.92 Å². The molecule has 0 bridgehead atoms. The van der Waals surface area contributed by atoms with Gasteiger partial charge in [-0.15, -0.1) is 5.10 Å². The van der Waals surface area contributed by atoms with Gasteiger partial charge in [-0.05, 0) is 24.6 Å². The van der Waals surface area contributed by atoms with Gasteiger partial charge in [-0.25, -0.2) is 9.67 Å². The van der Waals surface area contributed by atoms with Crippen molar-refractivity contribution in [3.63, 3.8) is 0 Å². The lowest BCUT2D eigenvalue weighted by Gasteiger charge is -2.02. The number of hydrogen-bond acceptors (Lipinski definition) is 5. The molecule has 0 amide bonds. The van der Waals surface area contributed by atoms with E-state index in [-0.39, 0.29) is 0 Å². The van der Waals surface area contributed by atoms with Gasteiger partial charge in [0.2, 0.25) is 0 Å². The highest BCUT2D eigenvalue weighted by Crippen LogP contribution is 2.29. The van der Waals surface area contributed by atoms with Crippen LogP contribution in [0.1, 0.15) is 6.92 Å². The molecule has 0 saturated carbocycles. The molecule has 0 unspecified atom stereocenters. The van der Waals surface area contributed by atoms with Crippen LogP contribution >= 0.6 is 0 Å². The van der Waals surface area contributed by atoms with E-state index < -0.39 is 0 Å². The lowest BCUT2D eigenvalue weighted by atomic mass is 10.1. The first-order valence-corrected chi connectivity index (χ1v) is 7.03. The van der Waals surface area contributed by atoms with Crippen molar-refractivity contribution >= 4 is 22.1 Å². The van der Waals surface area contributed by atoms with E-state index in [1.807, 2.05) is 32.3 Å². The van der Waals surface area contributed by atoms with Crippen molar-refractivity contribution in [2.24, 2.45) is 7.05 Å². The average molecular weight is 294 g/mol. The Labute approximate surface area is 126 Å². The van der Waals surface area contributed by atoms with Gasteiger partial charge < -0.3 is 9.72 Å². The lowest BCUT2D eigenvalue weighted by Crippen LogP contribution is -1.96. The predicted molar refractivity (Wildman–Crippen MR) is 82.6 cm³/mol. The van der Waals surface area contributed by atoms with Gasteiger partial charge in [-0.1, -0.05) is 11.3 Å². The minimum atomic E-state index is 0.384. The molecule has 1 N–H and O–H groups in total. The zero-order valence-electron chi connectivity index (χ0n) is 12.2. The van der Waals surface area contributed by atoms with E-state index in [1.54, 1.807) is 10.9 Å². The van der Waals surface area contributed by atoms with Crippen LogP contribution in [0.25, 0.3) is 33.2 Å². The number of nitrogens with zero attached hydrogens (tertiary/aromatic N) is 5. The SMILES string of the molecule is CCOc1ncc2c(-c3ccc4nnn(C)c4c3)c[nH]c2n1. The van der Waals surface area contributed by atoms with Crippen LogP contribution in [0.4, 0.5) is 0 Å². The normalized spacial score (nSPS) is 11.4. The second-order valence-corrected chi connectivity index (χ2v) is 4.97. The van der Waals surface area contributed by atoms with Gasteiger partial charge in [0.15, 0.2) is 0 Å². The molecule has 110 valence electrons. The number of nitrogens with one attached hydrogen (secondary N) is 1. The van der Waals surface area contributed by atoms with Crippen molar-refractivity contribution in [3.8, 4) is 17.1 Å². The Balaban J connectivity index is 1.86. The monoisotopic (exact) mass is 294 g/mol. The Bertz CT molecular complexity index is 971. The van der Waals surface area contributed by atoms with Crippen LogP contribution in [-0.2, 0) is 7.05 Å². The van der Waals surface area contributed by atoms with Crippen molar-refractivity contribution in [1.29, 1.82) is 0 Å². The maximum absolute atomic E-state index is 5.33. The quantitative estimate of drug-likeness (QED) is 0.627. The molecule has 0 spiro atoms. The molecule has 7 heteroatoms. The Kier molecular flexibility index (Phi) is 2.78. The molecule has 3 aromatic heterocycles. The molecule has 0 fully saturated rings. The number of fused-ring (bicyclic) bond motifs is 2. The molecule has 1 aromatic carbocycles. The van der Waals surface area contributed by atoms with Crippen LogP contribution in [0.2, 0.25) is 0 Å². The maximum atomic E-state index is 5.33. The number of aryl methyl sites for hydroxylation is 1. The van der Waals surface area contributed by atoms with E-state index >= 15 is 0 Å². The summed E-state index contributed by atoms with van der Waals surface area (Å²) in [6.07, 6.45) is 3.71. The van der Waals surface area contributed by atoms with E-state index in [0.717, 1.165) is 33.2 Å². The fourth-order valence-corrected chi connectivity index (χ4v) is 2.53. The molecule has 0 aliphatic carbocycles. The summed E-state index contributed by atoms with van der Waals surface area (Å²) in [6, 6.07) is 6.44. The van der Waals surface area contributed by atoms with E-state index in [9.17, 15) is 0 Å². The van der Waals surface area contributed by atoms with Crippen molar-refractivity contribution in [1.82, 2.24) is 29.9 Å². The Hall–Kier alpha value is -2.96. The summed E-state index contributed by atoms with van der Waals surface area (Å²) < 4.78 is 7.09. The van der Waals surface area contributed by atoms with Gasteiger partial charge in [0.05, 0.1) is 12.1 Å². The van der Waals surface area contributed by atoms with Gasteiger partial charge in [0.1, 0.15) is 11.2 Å². The van der Waals surface area contributed by atoms with Gasteiger partial charge in [0.25, 0.3) is 0 Å². The fraction of sp³-hybridized carbons (Fsp3) is 0.200. The molecule has 4 rings (SSSR count). The van der Waals surface area contributed by atoms with Crippen LogP contribution in [0.3, 0.4) is 0 Å². The van der Waals surface area contributed by atoms with Crippen LogP contribution in [0.5, 0.6) is 6.01 Å². The number of ether oxygens (including phenoxy) is 1. The van der Waals surface area contributed by atoms with Crippen LogP contribution in [-0.4, -0.2) is 36.6 Å². The van der Waals surface area contributed by atoms with E-state index in [0.29, 0.717) is 12.6 Å². The summed E-state index contributed by atoms with van der Waals surface area (Å²) in [7, 11) is 1.88. The summed E-state index contributed by atoms with van der Waals surface area (Å²) in [5.74, 6) is 0. The Morgan fingerprint density at radius 1 is 1.32 bits per heavy atom. The molecule has 4 aromatic rings. The first-order valence-electron chi connectivity index (χ1n) is 7.03. The van der Waals surface area contributed by atoms with Gasteiger partial charge >= 0.3 is 6.01 Å². The topological polar surface area (TPSA) is 81.5 Å². The molecule has 7 nitrogen and oxygen atoms in total. The zero-order valence-corrected chi connectivity index (χ0v) is 12.2. The molecular weight excluding hydrogens is 280 g/mol. The highest BCUT2D eigenvalue weighted by molar-refractivity contribution is 5.95. The smallest absolute Gasteiger partial charge is 0.318 e. The predicted octanol–water partition coefficient (Wildman–Crippen LogP) is 2.31. The summed E-state index contributed by atoms with van der Waals surface area (Å²) in [5.41, 5.74) is 4.73. The standard InChI is InChI=1S/C15H14N6O/c1-3-22-15-17-8-11-10(7-16-14(11)18-15)9-4-5-12-13(6-9)21(2)20-19-12/h4-8H,3H2,1-2H3,(H,16,17,18). The van der Waals surface area contributed by atoms with Gasteiger partial charge in [0, 0.05) is 30.4 Å². The molecule has 0 radical (unpaired) electrons. The summed E-state index contributed by atoms with van der Waals surface area (Å²) in [4.78, 5) is 11.8. The largest absolute Gasteiger partial charge is 0.464 e. The average Bonchev–Trinajstić information content (AvgIpc) is 3.11. The molecular formula is C15H14N6O. The first-order chi connectivity index (χ1) is 10.8. The highest BCUT2D eigenvalue weighted by Gasteiger charge is 2.11. The van der Waals surface area contributed by atoms with E-state index in [2.05, 4.69) is 31.3 Å². The van der Waals surface area contributed by atoms with Crippen molar-refractivity contribution in [3.05, 3.63) is 30.6 Å². The summed E-state index contributed by atoms with van der Waals surface area (Å²) in [5, 5.41) is 9.09. The zero-order chi connectivity index (χ0) is 15.1. The second-order valence-electron chi connectivity index (χ2n) is 4.97. The number of benzene rings is 1. The number of H-pyrrole nitrogens is 1. The third-order valence-electron chi connectivity index (χ3n) is 3.61. The Morgan fingerprint density at radius 2 is 2.23 bits per heavy atom. The minimum Gasteiger partial charge on any atom is -0.464 e. The van der Waals surface area contributed by atoms with E-state index in [1.165, 1.54) is 0 Å². The number of aromatic amines is 1. The molecule has 0 atom stereocenters. The third kappa shape index (κ3) is 1.90. The van der Waals surface area contributed by atoms with Gasteiger partial charge in [-0.3, -0.25) is 0 Å². The number of rotatable bonds is 3. The number of hydrogen-bond donors (Lipinski definition) is 1. The van der Waals surface area contributed by atoms with E-state index in [4.69, 9.17) is 4.74 Å². The molecule has 3 heterocycles. The third-order valence-corrected chi connectivity index (χ3v) is 3.61. The van der Waals surface area contributed by atoms with Crippen molar-refractivity contribution < 1.29 is 4.74 Å². The molecule has 0 saturated heterocycles. The van der Waals surface area contributed by atoms with Crippen molar-refractivity contribution in [2.75, 3.05) is 6.61 Å². The van der Waals surface area contributed by atoms with Crippen LogP contribution < -0.4 is 4.74 Å². The maximum Gasteiger partial charge on any atom is 0.318 e. The molecule has 0 aliphatic rings. The lowest BCUT2D eigenvalue weighted by molar-refractivity contribution is 0.314. The fourth-order valence-electron chi connectivity index (χ4n) is 2.53. The first kappa shape index (κ1) is 12.8. The highest BCUT2D eigenvalue weighted by atomic mass is 16.5. The molecule has 0 aliphatic heterocycles. The second kappa shape index (κ2) is 4.80. The molecule has 22 heavy (non-hydrogen) atoms. The summed E-state index contributed by atoms with van der Waals surface area (Å²) >= 11 is 0. The van der Waals surface area contributed by atoms with Gasteiger partial charge in [-0.2, -0.15) is 4.98 Å². The number of aromatic nitrogens is 6. The Morgan fingerprint density at radius 3 is 3.09 bits per heavy atom. The minimum absolute atomic E-state index is 0.384.